The van der Waals surface area contributed by atoms with Gasteiger partial charge in [-0.05, 0) is 54.5 Å². The zero-order valence-corrected chi connectivity index (χ0v) is 18.9. The van der Waals surface area contributed by atoms with Crippen molar-refractivity contribution in [3.8, 4) is 0 Å². The van der Waals surface area contributed by atoms with Gasteiger partial charge in [0.15, 0.2) is 6.10 Å². The summed E-state index contributed by atoms with van der Waals surface area (Å²) >= 11 is 0. The fourth-order valence-electron chi connectivity index (χ4n) is 3.61. The van der Waals surface area contributed by atoms with E-state index in [4.69, 9.17) is 9.84 Å². The minimum absolute atomic E-state index is 0.0496. The molecule has 0 saturated heterocycles. The van der Waals surface area contributed by atoms with E-state index in [2.05, 4.69) is 26.0 Å². The van der Waals surface area contributed by atoms with Crippen molar-refractivity contribution in [2.24, 2.45) is 11.8 Å². The summed E-state index contributed by atoms with van der Waals surface area (Å²) in [6, 6.07) is 11.5. The summed E-state index contributed by atoms with van der Waals surface area (Å²) in [5.74, 6) is 0.138. The Morgan fingerprint density at radius 2 is 2.03 bits per heavy atom. The number of carbonyl (C=O) groups is 2. The zero-order chi connectivity index (χ0) is 23.1. The van der Waals surface area contributed by atoms with Gasteiger partial charge in [0.05, 0.1) is 12.3 Å². The molecule has 3 rings (SSSR count). The molecule has 0 spiro atoms. The van der Waals surface area contributed by atoms with Gasteiger partial charge in [-0.1, -0.05) is 62.4 Å². The number of allylic oxidation sites excluding steroid dienone is 5. The molecule has 1 aliphatic rings. The van der Waals surface area contributed by atoms with Crippen molar-refractivity contribution < 1.29 is 19.4 Å². The Balaban J connectivity index is 1.61. The van der Waals surface area contributed by atoms with Gasteiger partial charge < -0.3 is 14.4 Å². The van der Waals surface area contributed by atoms with Gasteiger partial charge >= 0.3 is 5.97 Å². The van der Waals surface area contributed by atoms with Gasteiger partial charge in [0.1, 0.15) is 0 Å². The lowest BCUT2D eigenvalue weighted by Gasteiger charge is -2.19. The number of hydrogen-bond donors (Lipinski definition) is 1. The smallest absolute Gasteiger partial charge is 0.332 e. The maximum absolute atomic E-state index is 13.0. The largest absolute Gasteiger partial charge is 0.479 e. The lowest BCUT2D eigenvalue weighted by atomic mass is 9.86. The summed E-state index contributed by atoms with van der Waals surface area (Å²) in [5.41, 5.74) is 3.34. The predicted octanol–water partition coefficient (Wildman–Crippen LogP) is 5.53. The van der Waals surface area contributed by atoms with Crippen LogP contribution in [0.1, 0.15) is 48.8 Å². The molecule has 0 aliphatic heterocycles. The van der Waals surface area contributed by atoms with Gasteiger partial charge in [-0.15, -0.1) is 0 Å². The molecule has 1 aromatic carbocycles. The maximum Gasteiger partial charge on any atom is 0.332 e. The third-order valence-electron chi connectivity index (χ3n) is 5.72. The highest BCUT2D eigenvalue weighted by Crippen LogP contribution is 2.25. The Morgan fingerprint density at radius 3 is 2.72 bits per heavy atom. The van der Waals surface area contributed by atoms with Crippen LogP contribution in [0.4, 0.5) is 0 Å². The van der Waals surface area contributed by atoms with Gasteiger partial charge in [-0.2, -0.15) is 0 Å². The summed E-state index contributed by atoms with van der Waals surface area (Å²) in [6.45, 7) is 6.74. The molecule has 0 amide bonds. The topological polar surface area (TPSA) is 68.5 Å². The fraction of sp³-hybridized carbons (Fsp3) is 0.333. The van der Waals surface area contributed by atoms with Crippen LogP contribution >= 0.6 is 0 Å². The molecule has 1 unspecified atom stereocenters. The molecule has 1 aliphatic carbocycles. The van der Waals surface area contributed by atoms with Crippen molar-refractivity contribution >= 4 is 17.8 Å². The third kappa shape index (κ3) is 6.17. The van der Waals surface area contributed by atoms with E-state index < -0.39 is 12.1 Å². The van der Waals surface area contributed by atoms with E-state index in [1.54, 1.807) is 0 Å². The highest BCUT2D eigenvalue weighted by molar-refractivity contribution is 6.09. The number of benzene rings is 1. The molecular weight excluding hydrogens is 402 g/mol. The van der Waals surface area contributed by atoms with E-state index in [0.29, 0.717) is 24.1 Å². The number of aromatic nitrogens is 1. The van der Waals surface area contributed by atoms with Crippen molar-refractivity contribution in [1.29, 1.82) is 0 Å². The molecular formula is C27H31NO4. The number of carboxylic acid groups (broad SMARTS) is 1. The first-order valence-electron chi connectivity index (χ1n) is 11.0. The Bertz CT molecular complexity index is 1040. The first kappa shape index (κ1) is 23.5. The quantitative estimate of drug-likeness (QED) is 0.500. The highest BCUT2D eigenvalue weighted by atomic mass is 16.5. The molecule has 5 heteroatoms. The molecule has 1 N–H and O–H groups in total. The Hall–Kier alpha value is -3.18. The monoisotopic (exact) mass is 433 g/mol. The number of rotatable bonds is 10. The molecule has 0 saturated carbocycles. The number of carboxylic acids is 1. The summed E-state index contributed by atoms with van der Waals surface area (Å²) in [7, 11) is 0. The number of ether oxygens (including phenoxy) is 1. The van der Waals surface area contributed by atoms with Crippen LogP contribution in [-0.2, 0) is 22.7 Å². The number of carbonyl (C=O) groups excluding carboxylic acids is 1. The lowest BCUT2D eigenvalue weighted by Crippen LogP contribution is -2.19. The number of Topliss-reactive ketones (excluding diaryl/α,β-unsaturated/α-hetero) is 1. The summed E-state index contributed by atoms with van der Waals surface area (Å²) < 4.78 is 7.30. The Morgan fingerprint density at radius 1 is 1.22 bits per heavy atom. The van der Waals surface area contributed by atoms with Crippen LogP contribution in [0, 0.1) is 11.8 Å². The zero-order valence-electron chi connectivity index (χ0n) is 18.9. The maximum atomic E-state index is 13.0. The molecule has 168 valence electrons. The summed E-state index contributed by atoms with van der Waals surface area (Å²) in [4.78, 5) is 23.9. The Kier molecular flexibility index (Phi) is 8.01. The van der Waals surface area contributed by atoms with Crippen LogP contribution in [0.25, 0.3) is 6.08 Å². The van der Waals surface area contributed by atoms with Gasteiger partial charge in [0.2, 0.25) is 5.78 Å². The van der Waals surface area contributed by atoms with E-state index >= 15 is 0 Å². The predicted molar refractivity (Wildman–Crippen MR) is 126 cm³/mol. The summed E-state index contributed by atoms with van der Waals surface area (Å²) in [5, 5.41) is 8.93. The van der Waals surface area contributed by atoms with Crippen molar-refractivity contribution in [3.63, 3.8) is 0 Å². The molecule has 32 heavy (non-hydrogen) atoms. The standard InChI is InChI=1S/C27H31NO4/c1-19(2)23-11-13-24(14-12-23)26(29)25-10-6-16-28(25)15-5-9-21-7-4-8-22(17-21)18-32-20(3)27(30)31/h4-11,13-14,16-17,19-20,23H,12,15,18H2,1-3H3,(H,30,31)/b9-5+/t20-,23?/m1/s1. The fourth-order valence-corrected chi connectivity index (χ4v) is 3.61. The number of nitrogens with zero attached hydrogens (tertiary/aromatic N) is 1. The molecule has 5 nitrogen and oxygen atoms in total. The minimum atomic E-state index is -0.975. The van der Waals surface area contributed by atoms with E-state index in [-0.39, 0.29) is 12.4 Å². The van der Waals surface area contributed by atoms with Crippen molar-refractivity contribution in [2.75, 3.05) is 0 Å². The SMILES string of the molecule is CC(C)C1C=CC(C(=O)c2cccn2C/C=C/c2cccc(CO[C@H](C)C(=O)O)c2)=CC1. The van der Waals surface area contributed by atoms with Gasteiger partial charge in [-0.3, -0.25) is 4.79 Å². The van der Waals surface area contributed by atoms with E-state index in [9.17, 15) is 9.59 Å². The number of aliphatic carboxylic acids is 1. The van der Waals surface area contributed by atoms with E-state index in [1.165, 1.54) is 6.92 Å². The number of hydrogen-bond acceptors (Lipinski definition) is 3. The van der Waals surface area contributed by atoms with Crippen LogP contribution in [0.3, 0.4) is 0 Å². The molecule has 0 bridgehead atoms. The normalized spacial score (nSPS) is 17.0. The first-order chi connectivity index (χ1) is 15.3. The second-order valence-corrected chi connectivity index (χ2v) is 8.48. The van der Waals surface area contributed by atoms with Crippen molar-refractivity contribution in [2.45, 2.75) is 46.4 Å². The van der Waals surface area contributed by atoms with Crippen molar-refractivity contribution in [1.82, 2.24) is 4.57 Å². The van der Waals surface area contributed by atoms with Crippen LogP contribution in [-0.4, -0.2) is 27.5 Å². The molecule has 1 heterocycles. The van der Waals surface area contributed by atoms with Crippen molar-refractivity contribution in [3.05, 3.63) is 89.3 Å². The highest BCUT2D eigenvalue weighted by Gasteiger charge is 2.19. The second-order valence-electron chi connectivity index (χ2n) is 8.48. The first-order valence-corrected chi connectivity index (χ1v) is 11.0. The van der Waals surface area contributed by atoms with E-state index in [1.807, 2.05) is 65.4 Å². The average Bonchev–Trinajstić information content (AvgIpc) is 3.25. The third-order valence-corrected chi connectivity index (χ3v) is 5.72. The van der Waals surface area contributed by atoms with Crippen LogP contribution in [0.2, 0.25) is 0 Å². The summed E-state index contributed by atoms with van der Waals surface area (Å²) in [6.07, 6.45) is 12.1. The van der Waals surface area contributed by atoms with Crippen LogP contribution in [0.5, 0.6) is 0 Å². The van der Waals surface area contributed by atoms with Gasteiger partial charge in [-0.25, -0.2) is 4.79 Å². The average molecular weight is 434 g/mol. The Labute approximate surface area is 189 Å². The number of ketones is 1. The molecule has 2 atom stereocenters. The lowest BCUT2D eigenvalue weighted by molar-refractivity contribution is -0.149. The molecule has 0 fully saturated rings. The second kappa shape index (κ2) is 10.9. The van der Waals surface area contributed by atoms with E-state index in [0.717, 1.165) is 23.1 Å². The molecule has 2 aromatic rings. The van der Waals surface area contributed by atoms with Gasteiger partial charge in [0.25, 0.3) is 0 Å². The van der Waals surface area contributed by atoms with Crippen LogP contribution < -0.4 is 0 Å². The van der Waals surface area contributed by atoms with Gasteiger partial charge in [0, 0.05) is 18.3 Å². The minimum Gasteiger partial charge on any atom is -0.479 e. The molecule has 1 aromatic heterocycles. The molecule has 0 radical (unpaired) electrons. The van der Waals surface area contributed by atoms with Crippen LogP contribution in [0.15, 0.2) is 72.5 Å².